The molecular weight excluding hydrogens is 298 g/mol. The number of aliphatic carboxylic acids is 1. The average molecular weight is 323 g/mol. The van der Waals surface area contributed by atoms with Crippen LogP contribution < -0.4 is 5.32 Å². The molecule has 0 saturated carbocycles. The zero-order valence-electron chi connectivity index (χ0n) is 12.8. The van der Waals surface area contributed by atoms with Gasteiger partial charge < -0.3 is 10.4 Å². The summed E-state index contributed by atoms with van der Waals surface area (Å²) in [5.41, 5.74) is 0.733. The van der Waals surface area contributed by atoms with Crippen molar-refractivity contribution in [2.24, 2.45) is 5.92 Å². The molecule has 1 rings (SSSR count). The number of ketones is 1. The molecule has 1 aromatic rings. The molecule has 2 N–H and O–H groups in total. The third-order valence-corrected chi connectivity index (χ3v) is 3.98. The number of thiol groups is 1. The van der Waals surface area contributed by atoms with Gasteiger partial charge in [-0.2, -0.15) is 12.6 Å². The molecule has 5 heteroatoms. The topological polar surface area (TPSA) is 66.4 Å². The summed E-state index contributed by atoms with van der Waals surface area (Å²) in [7, 11) is 0. The highest BCUT2D eigenvalue weighted by atomic mass is 32.1. The summed E-state index contributed by atoms with van der Waals surface area (Å²) in [6, 6.07) is 9.30. The number of carbonyl (C=O) groups is 2. The Bertz CT molecular complexity index is 450. The lowest BCUT2D eigenvalue weighted by Gasteiger charge is -2.14. The molecular formula is C17H25NO3S. The van der Waals surface area contributed by atoms with Gasteiger partial charge in [-0.3, -0.25) is 9.59 Å². The quantitative estimate of drug-likeness (QED) is 0.314. The molecule has 0 spiro atoms. The van der Waals surface area contributed by atoms with E-state index in [-0.39, 0.29) is 18.1 Å². The number of benzene rings is 1. The van der Waals surface area contributed by atoms with E-state index in [1.807, 2.05) is 30.3 Å². The average Bonchev–Trinajstić information content (AvgIpc) is 2.53. The van der Waals surface area contributed by atoms with E-state index in [2.05, 4.69) is 17.9 Å². The Kier molecular flexibility index (Phi) is 9.59. The Hall–Kier alpha value is -1.33. The predicted molar refractivity (Wildman–Crippen MR) is 91.7 cm³/mol. The fourth-order valence-corrected chi connectivity index (χ4v) is 2.53. The van der Waals surface area contributed by atoms with Crippen LogP contribution in [0.4, 0.5) is 0 Å². The number of carbonyl (C=O) groups excluding carboxylic acids is 1. The van der Waals surface area contributed by atoms with Gasteiger partial charge in [0, 0.05) is 30.2 Å². The van der Waals surface area contributed by atoms with Crippen LogP contribution >= 0.6 is 12.6 Å². The molecule has 0 aliphatic heterocycles. The molecule has 4 nitrogen and oxygen atoms in total. The zero-order valence-corrected chi connectivity index (χ0v) is 13.7. The minimum atomic E-state index is -0.728. The number of carboxylic acids is 1. The molecule has 0 amide bonds. The minimum absolute atomic E-state index is 0.113. The van der Waals surface area contributed by atoms with E-state index in [9.17, 15) is 9.59 Å². The van der Waals surface area contributed by atoms with Crippen LogP contribution in [0, 0.1) is 5.92 Å². The molecule has 1 atom stereocenters. The van der Waals surface area contributed by atoms with Crippen molar-refractivity contribution in [1.82, 2.24) is 5.32 Å². The van der Waals surface area contributed by atoms with Crippen molar-refractivity contribution >= 4 is 24.4 Å². The number of unbranched alkanes of at least 4 members (excludes halogenated alkanes) is 3. The number of carboxylic acid groups (broad SMARTS) is 1. The van der Waals surface area contributed by atoms with Crippen LogP contribution in [0.25, 0.3) is 0 Å². The number of hydrogen-bond donors (Lipinski definition) is 3. The van der Waals surface area contributed by atoms with Crippen molar-refractivity contribution in [3.8, 4) is 0 Å². The van der Waals surface area contributed by atoms with E-state index in [1.54, 1.807) is 0 Å². The second-order valence-corrected chi connectivity index (χ2v) is 5.74. The number of rotatable bonds is 12. The second kappa shape index (κ2) is 11.3. The summed E-state index contributed by atoms with van der Waals surface area (Å²) in [5, 5.41) is 11.8. The molecule has 1 unspecified atom stereocenters. The monoisotopic (exact) mass is 323 g/mol. The Balaban J connectivity index is 2.16. The Morgan fingerprint density at radius 1 is 1.09 bits per heavy atom. The maximum absolute atomic E-state index is 12.3. The van der Waals surface area contributed by atoms with Crippen molar-refractivity contribution in [2.45, 2.75) is 32.1 Å². The largest absolute Gasteiger partial charge is 0.481 e. The van der Waals surface area contributed by atoms with Gasteiger partial charge in [0.25, 0.3) is 0 Å². The molecule has 0 heterocycles. The summed E-state index contributed by atoms with van der Waals surface area (Å²) in [5.74, 6) is -0.184. The van der Waals surface area contributed by atoms with Crippen molar-refractivity contribution in [3.63, 3.8) is 0 Å². The highest BCUT2D eigenvalue weighted by Crippen LogP contribution is 2.10. The molecule has 0 aliphatic carbocycles. The van der Waals surface area contributed by atoms with Crippen molar-refractivity contribution in [3.05, 3.63) is 35.9 Å². The van der Waals surface area contributed by atoms with Gasteiger partial charge in [-0.1, -0.05) is 43.2 Å². The van der Waals surface area contributed by atoms with Crippen LogP contribution in [0.1, 0.15) is 42.5 Å². The van der Waals surface area contributed by atoms with Crippen LogP contribution in [0.3, 0.4) is 0 Å². The van der Waals surface area contributed by atoms with E-state index in [0.717, 1.165) is 37.8 Å². The van der Waals surface area contributed by atoms with E-state index in [0.29, 0.717) is 12.3 Å². The van der Waals surface area contributed by atoms with Crippen LogP contribution in [0.15, 0.2) is 30.3 Å². The normalized spacial score (nSPS) is 12.0. The third kappa shape index (κ3) is 7.61. The van der Waals surface area contributed by atoms with Crippen molar-refractivity contribution < 1.29 is 14.7 Å². The minimum Gasteiger partial charge on any atom is -0.481 e. The SMILES string of the molecule is O=C(O)CCCCCCNCC(CS)C(=O)c1ccccc1. The van der Waals surface area contributed by atoms with Crippen molar-refractivity contribution in [2.75, 3.05) is 18.8 Å². The van der Waals surface area contributed by atoms with Crippen molar-refractivity contribution in [1.29, 1.82) is 0 Å². The summed E-state index contributed by atoms with van der Waals surface area (Å²) in [6.45, 7) is 1.48. The van der Waals surface area contributed by atoms with Gasteiger partial charge in [-0.05, 0) is 19.4 Å². The lowest BCUT2D eigenvalue weighted by molar-refractivity contribution is -0.137. The fraction of sp³-hybridized carbons (Fsp3) is 0.529. The Morgan fingerprint density at radius 2 is 1.77 bits per heavy atom. The summed E-state index contributed by atoms with van der Waals surface area (Å²) >= 11 is 4.28. The molecule has 0 bridgehead atoms. The van der Waals surface area contributed by atoms with Gasteiger partial charge >= 0.3 is 5.97 Å². The summed E-state index contributed by atoms with van der Waals surface area (Å²) < 4.78 is 0. The smallest absolute Gasteiger partial charge is 0.303 e. The Morgan fingerprint density at radius 3 is 2.41 bits per heavy atom. The van der Waals surface area contributed by atoms with Gasteiger partial charge in [0.15, 0.2) is 5.78 Å². The molecule has 22 heavy (non-hydrogen) atoms. The molecule has 0 fully saturated rings. The third-order valence-electron chi connectivity index (χ3n) is 3.53. The Labute approximate surface area is 137 Å². The maximum Gasteiger partial charge on any atom is 0.303 e. The molecule has 0 saturated heterocycles. The highest BCUT2D eigenvalue weighted by molar-refractivity contribution is 7.80. The van der Waals surface area contributed by atoms with Crippen LogP contribution in [0.5, 0.6) is 0 Å². The van der Waals surface area contributed by atoms with Crippen LogP contribution in [-0.2, 0) is 4.79 Å². The van der Waals surface area contributed by atoms with Gasteiger partial charge in [0.1, 0.15) is 0 Å². The van der Waals surface area contributed by atoms with Gasteiger partial charge in [0.05, 0.1) is 0 Å². The second-order valence-electron chi connectivity index (χ2n) is 5.37. The fourth-order valence-electron chi connectivity index (χ4n) is 2.23. The zero-order chi connectivity index (χ0) is 16.2. The van der Waals surface area contributed by atoms with E-state index < -0.39 is 5.97 Å². The van der Waals surface area contributed by atoms with Gasteiger partial charge in [0.2, 0.25) is 0 Å². The molecule has 0 radical (unpaired) electrons. The predicted octanol–water partition coefficient (Wildman–Crippen LogP) is 3.04. The molecule has 0 aliphatic rings. The van der Waals surface area contributed by atoms with Crippen LogP contribution in [-0.4, -0.2) is 35.7 Å². The maximum atomic E-state index is 12.3. The summed E-state index contributed by atoms with van der Waals surface area (Å²) in [4.78, 5) is 22.7. The van der Waals surface area contributed by atoms with Crippen LogP contribution in [0.2, 0.25) is 0 Å². The number of nitrogens with one attached hydrogen (secondary N) is 1. The van der Waals surface area contributed by atoms with E-state index in [1.165, 1.54) is 0 Å². The first-order valence-corrected chi connectivity index (χ1v) is 8.41. The lowest BCUT2D eigenvalue weighted by Crippen LogP contribution is -2.30. The molecule has 0 aromatic heterocycles. The molecule has 122 valence electrons. The standard InChI is InChI=1S/C17H25NO3S/c19-16(20)10-6-1-2-7-11-18-12-15(13-22)17(21)14-8-4-3-5-9-14/h3-5,8-9,15,18,22H,1-2,6-7,10-13H2,(H,19,20). The summed E-state index contributed by atoms with van der Waals surface area (Å²) in [6.07, 6.45) is 3.94. The number of Topliss-reactive ketones (excluding diaryl/α,β-unsaturated/α-hetero) is 1. The van der Waals surface area contributed by atoms with E-state index >= 15 is 0 Å². The number of hydrogen-bond acceptors (Lipinski definition) is 4. The van der Waals surface area contributed by atoms with Gasteiger partial charge in [-0.25, -0.2) is 0 Å². The van der Waals surface area contributed by atoms with E-state index in [4.69, 9.17) is 5.11 Å². The highest BCUT2D eigenvalue weighted by Gasteiger charge is 2.17. The first-order chi connectivity index (χ1) is 10.6. The molecule has 1 aromatic carbocycles. The first kappa shape index (κ1) is 18.7. The first-order valence-electron chi connectivity index (χ1n) is 7.77. The lowest BCUT2D eigenvalue weighted by atomic mass is 9.99. The van der Waals surface area contributed by atoms with Gasteiger partial charge in [-0.15, -0.1) is 0 Å².